The molecule has 5 heteroatoms. The minimum Gasteiger partial charge on any atom is -0.480 e. The van der Waals surface area contributed by atoms with Crippen molar-refractivity contribution in [1.82, 2.24) is 10.2 Å². The number of rotatable bonds is 6. The van der Waals surface area contributed by atoms with Gasteiger partial charge in [0.1, 0.15) is 5.75 Å². The number of ether oxygens (including phenoxy) is 1. The standard InChI is InChI=1S/C19H29BrN2O2/c1-13-7-8-18(17(20)10-13)24-16(4)19(23)21-15(3)12-22-9-5-6-14(2)11-22/h7-8,10,14-16H,5-6,9,11-12H2,1-4H3,(H,21,23). The molecule has 134 valence electrons. The molecule has 3 unspecified atom stereocenters. The van der Waals surface area contributed by atoms with Gasteiger partial charge in [-0.2, -0.15) is 0 Å². The maximum atomic E-state index is 12.4. The summed E-state index contributed by atoms with van der Waals surface area (Å²) in [4.78, 5) is 14.8. The summed E-state index contributed by atoms with van der Waals surface area (Å²) in [5, 5.41) is 3.07. The van der Waals surface area contributed by atoms with E-state index in [9.17, 15) is 4.79 Å². The molecule has 1 heterocycles. The zero-order valence-corrected chi connectivity index (χ0v) is 16.7. The highest BCUT2D eigenvalue weighted by molar-refractivity contribution is 9.10. The van der Waals surface area contributed by atoms with E-state index in [0.29, 0.717) is 5.75 Å². The number of hydrogen-bond acceptors (Lipinski definition) is 3. The molecule has 1 aliphatic heterocycles. The first-order chi connectivity index (χ1) is 11.3. The van der Waals surface area contributed by atoms with Gasteiger partial charge in [-0.15, -0.1) is 0 Å². The van der Waals surface area contributed by atoms with Crippen molar-refractivity contribution in [3.8, 4) is 5.75 Å². The van der Waals surface area contributed by atoms with Crippen molar-refractivity contribution in [3.05, 3.63) is 28.2 Å². The zero-order chi connectivity index (χ0) is 17.7. The van der Waals surface area contributed by atoms with E-state index in [2.05, 4.69) is 40.0 Å². The fourth-order valence-corrected chi connectivity index (χ4v) is 3.78. The molecule has 0 saturated carbocycles. The quantitative estimate of drug-likeness (QED) is 0.795. The SMILES string of the molecule is Cc1ccc(OC(C)C(=O)NC(C)CN2CCCC(C)C2)c(Br)c1. The lowest BCUT2D eigenvalue weighted by atomic mass is 10.00. The van der Waals surface area contributed by atoms with Crippen LogP contribution in [0.15, 0.2) is 22.7 Å². The zero-order valence-electron chi connectivity index (χ0n) is 15.1. The largest absolute Gasteiger partial charge is 0.480 e. The van der Waals surface area contributed by atoms with Gasteiger partial charge in [-0.1, -0.05) is 13.0 Å². The third-order valence-corrected chi connectivity index (χ3v) is 5.04. The number of amides is 1. The Labute approximate surface area is 154 Å². The number of carbonyl (C=O) groups excluding carboxylic acids is 1. The summed E-state index contributed by atoms with van der Waals surface area (Å²) in [5.74, 6) is 1.38. The molecule has 3 atom stereocenters. The lowest BCUT2D eigenvalue weighted by molar-refractivity contribution is -0.128. The summed E-state index contributed by atoms with van der Waals surface area (Å²) in [6, 6.07) is 5.97. The lowest BCUT2D eigenvalue weighted by Gasteiger charge is -2.33. The van der Waals surface area contributed by atoms with Crippen LogP contribution in [0.4, 0.5) is 0 Å². The van der Waals surface area contributed by atoms with Crippen LogP contribution >= 0.6 is 15.9 Å². The van der Waals surface area contributed by atoms with Crippen LogP contribution in [-0.2, 0) is 4.79 Å². The van der Waals surface area contributed by atoms with E-state index in [-0.39, 0.29) is 11.9 Å². The minimum absolute atomic E-state index is 0.0694. The molecule has 0 radical (unpaired) electrons. The van der Waals surface area contributed by atoms with Crippen molar-refractivity contribution in [2.45, 2.75) is 52.7 Å². The summed E-state index contributed by atoms with van der Waals surface area (Å²) >= 11 is 3.48. The van der Waals surface area contributed by atoms with Gasteiger partial charge in [-0.25, -0.2) is 0 Å². The van der Waals surface area contributed by atoms with Gasteiger partial charge >= 0.3 is 0 Å². The van der Waals surface area contributed by atoms with Gasteiger partial charge in [0.15, 0.2) is 6.10 Å². The molecule has 1 amide bonds. The molecule has 0 aliphatic carbocycles. The highest BCUT2D eigenvalue weighted by atomic mass is 79.9. The van der Waals surface area contributed by atoms with Gasteiger partial charge in [0.05, 0.1) is 4.47 Å². The summed E-state index contributed by atoms with van der Waals surface area (Å²) in [7, 11) is 0. The van der Waals surface area contributed by atoms with Gasteiger partial charge in [0, 0.05) is 19.1 Å². The Hall–Kier alpha value is -1.07. The van der Waals surface area contributed by atoms with Crippen LogP contribution in [0.5, 0.6) is 5.75 Å². The highest BCUT2D eigenvalue weighted by Crippen LogP contribution is 2.26. The molecule has 1 aromatic rings. The molecule has 4 nitrogen and oxygen atoms in total. The number of carbonyl (C=O) groups is 1. The van der Waals surface area contributed by atoms with Crippen LogP contribution in [0.2, 0.25) is 0 Å². The Morgan fingerprint density at radius 3 is 2.88 bits per heavy atom. The Balaban J connectivity index is 1.82. The predicted octanol–water partition coefficient (Wildman–Crippen LogP) is 3.76. The molecular formula is C19H29BrN2O2. The first-order valence-electron chi connectivity index (χ1n) is 8.80. The third-order valence-electron chi connectivity index (χ3n) is 4.42. The Bertz CT molecular complexity index is 564. The summed E-state index contributed by atoms with van der Waals surface area (Å²) in [5.41, 5.74) is 1.15. The molecule has 0 spiro atoms. The number of benzene rings is 1. The molecule has 1 fully saturated rings. The van der Waals surface area contributed by atoms with Crippen molar-refractivity contribution in [1.29, 1.82) is 0 Å². The van der Waals surface area contributed by atoms with E-state index < -0.39 is 6.10 Å². The van der Waals surface area contributed by atoms with Crippen molar-refractivity contribution in [2.75, 3.05) is 19.6 Å². The topological polar surface area (TPSA) is 41.6 Å². The second-order valence-electron chi connectivity index (χ2n) is 7.11. The number of hydrogen-bond donors (Lipinski definition) is 1. The van der Waals surface area contributed by atoms with Crippen LogP contribution in [0.25, 0.3) is 0 Å². The average Bonchev–Trinajstić information content (AvgIpc) is 2.49. The van der Waals surface area contributed by atoms with Gasteiger partial charge < -0.3 is 15.0 Å². The Morgan fingerprint density at radius 1 is 1.46 bits per heavy atom. The molecule has 1 aliphatic rings. The van der Waals surface area contributed by atoms with Gasteiger partial charge in [-0.3, -0.25) is 4.79 Å². The molecule has 1 N–H and O–H groups in total. The van der Waals surface area contributed by atoms with Gasteiger partial charge in [0.25, 0.3) is 5.91 Å². The number of aryl methyl sites for hydroxylation is 1. The number of piperidine rings is 1. The molecule has 0 bridgehead atoms. The van der Waals surface area contributed by atoms with E-state index in [1.54, 1.807) is 6.92 Å². The van der Waals surface area contributed by atoms with Gasteiger partial charge in [0.2, 0.25) is 0 Å². The van der Waals surface area contributed by atoms with Crippen LogP contribution in [0, 0.1) is 12.8 Å². The maximum Gasteiger partial charge on any atom is 0.261 e. The van der Waals surface area contributed by atoms with E-state index in [1.165, 1.54) is 12.8 Å². The molecular weight excluding hydrogens is 368 g/mol. The van der Waals surface area contributed by atoms with E-state index in [0.717, 1.165) is 35.6 Å². The summed E-state index contributed by atoms with van der Waals surface area (Å²) in [6.07, 6.45) is 2.04. The highest BCUT2D eigenvalue weighted by Gasteiger charge is 2.21. The average molecular weight is 397 g/mol. The predicted molar refractivity (Wildman–Crippen MR) is 101 cm³/mol. The second kappa shape index (κ2) is 8.86. The van der Waals surface area contributed by atoms with Crippen molar-refractivity contribution in [2.24, 2.45) is 5.92 Å². The van der Waals surface area contributed by atoms with E-state index in [1.807, 2.05) is 25.1 Å². The number of nitrogens with one attached hydrogen (secondary N) is 1. The molecule has 2 rings (SSSR count). The normalized spacial score (nSPS) is 21.1. The second-order valence-corrected chi connectivity index (χ2v) is 7.96. The molecule has 1 saturated heterocycles. The molecule has 0 aromatic heterocycles. The Morgan fingerprint density at radius 2 is 2.21 bits per heavy atom. The van der Waals surface area contributed by atoms with Crippen LogP contribution < -0.4 is 10.1 Å². The maximum absolute atomic E-state index is 12.4. The number of nitrogens with zero attached hydrogens (tertiary/aromatic N) is 1. The lowest BCUT2D eigenvalue weighted by Crippen LogP contribution is -2.48. The third kappa shape index (κ3) is 5.78. The molecule has 1 aromatic carbocycles. The first-order valence-corrected chi connectivity index (χ1v) is 9.60. The first kappa shape index (κ1) is 19.3. The fourth-order valence-electron chi connectivity index (χ4n) is 3.19. The fraction of sp³-hybridized carbons (Fsp3) is 0.632. The molecule has 24 heavy (non-hydrogen) atoms. The van der Waals surface area contributed by atoms with Crippen molar-refractivity contribution in [3.63, 3.8) is 0 Å². The van der Waals surface area contributed by atoms with Crippen molar-refractivity contribution < 1.29 is 9.53 Å². The van der Waals surface area contributed by atoms with E-state index in [4.69, 9.17) is 4.74 Å². The number of likely N-dealkylation sites (tertiary alicyclic amines) is 1. The van der Waals surface area contributed by atoms with Crippen LogP contribution in [0.3, 0.4) is 0 Å². The monoisotopic (exact) mass is 396 g/mol. The van der Waals surface area contributed by atoms with Gasteiger partial charge in [-0.05, 0) is 79.7 Å². The van der Waals surface area contributed by atoms with Crippen LogP contribution in [-0.4, -0.2) is 42.6 Å². The Kier molecular flexibility index (Phi) is 7.11. The summed E-state index contributed by atoms with van der Waals surface area (Å²) in [6.45, 7) is 11.3. The minimum atomic E-state index is -0.522. The van der Waals surface area contributed by atoms with Crippen LogP contribution in [0.1, 0.15) is 39.2 Å². The summed E-state index contributed by atoms with van der Waals surface area (Å²) < 4.78 is 6.67. The number of halogens is 1. The van der Waals surface area contributed by atoms with E-state index >= 15 is 0 Å². The smallest absolute Gasteiger partial charge is 0.261 e. The van der Waals surface area contributed by atoms with Crippen molar-refractivity contribution >= 4 is 21.8 Å².